The minimum atomic E-state index is -0.373. The Balaban J connectivity index is 2.07. The first-order valence-corrected chi connectivity index (χ1v) is 6.61. The second kappa shape index (κ2) is 6.53. The van der Waals surface area contributed by atoms with Crippen molar-refractivity contribution in [1.82, 2.24) is 4.90 Å². The predicted octanol–water partition coefficient (Wildman–Crippen LogP) is 1.38. The first-order valence-electron chi connectivity index (χ1n) is 6.61. The van der Waals surface area contributed by atoms with E-state index < -0.39 is 0 Å². The third-order valence-electron chi connectivity index (χ3n) is 3.35. The van der Waals surface area contributed by atoms with Crippen molar-refractivity contribution in [3.05, 3.63) is 28.3 Å². The molecule has 0 bridgehead atoms. The summed E-state index contributed by atoms with van der Waals surface area (Å²) >= 11 is 0. The lowest BCUT2D eigenvalue weighted by atomic mass is 10.2. The Labute approximate surface area is 118 Å². The van der Waals surface area contributed by atoms with Crippen molar-refractivity contribution >= 4 is 17.1 Å². The Morgan fingerprint density at radius 1 is 1.50 bits per heavy atom. The molecule has 1 aliphatic heterocycles. The zero-order valence-electron chi connectivity index (χ0n) is 11.8. The van der Waals surface area contributed by atoms with E-state index in [1.807, 2.05) is 7.05 Å². The highest BCUT2D eigenvalue weighted by atomic mass is 16.6. The van der Waals surface area contributed by atoms with Gasteiger partial charge in [-0.1, -0.05) is 6.07 Å². The summed E-state index contributed by atoms with van der Waals surface area (Å²) in [6, 6.07) is 5.19. The SMILES string of the molecule is CNc1cccc(NCC2CN(C)CCO2)c1[N+](=O)[O-]. The number of benzene rings is 1. The van der Waals surface area contributed by atoms with Crippen LogP contribution in [-0.2, 0) is 4.74 Å². The first kappa shape index (κ1) is 14.5. The third kappa shape index (κ3) is 3.37. The number of hydrogen-bond acceptors (Lipinski definition) is 6. The van der Waals surface area contributed by atoms with E-state index in [1.54, 1.807) is 25.2 Å². The van der Waals surface area contributed by atoms with Crippen LogP contribution in [0.15, 0.2) is 18.2 Å². The van der Waals surface area contributed by atoms with Crippen molar-refractivity contribution < 1.29 is 9.66 Å². The number of ether oxygens (including phenoxy) is 1. The molecule has 0 amide bonds. The maximum absolute atomic E-state index is 11.2. The van der Waals surface area contributed by atoms with E-state index in [4.69, 9.17) is 4.74 Å². The second-order valence-corrected chi connectivity index (χ2v) is 4.84. The fourth-order valence-corrected chi connectivity index (χ4v) is 2.30. The van der Waals surface area contributed by atoms with Crippen LogP contribution in [0.25, 0.3) is 0 Å². The molecule has 0 spiro atoms. The quantitative estimate of drug-likeness (QED) is 0.626. The topological polar surface area (TPSA) is 79.7 Å². The fraction of sp³-hybridized carbons (Fsp3) is 0.538. The molecule has 0 aromatic heterocycles. The highest BCUT2D eigenvalue weighted by Crippen LogP contribution is 2.32. The lowest BCUT2D eigenvalue weighted by molar-refractivity contribution is -0.383. The van der Waals surface area contributed by atoms with Crippen molar-refractivity contribution in [3.8, 4) is 0 Å². The zero-order valence-corrected chi connectivity index (χ0v) is 11.8. The maximum atomic E-state index is 11.2. The van der Waals surface area contributed by atoms with Crippen LogP contribution in [0.4, 0.5) is 17.1 Å². The predicted molar refractivity (Wildman–Crippen MR) is 78.4 cm³/mol. The smallest absolute Gasteiger partial charge is 0.315 e. The van der Waals surface area contributed by atoms with Gasteiger partial charge in [-0.05, 0) is 19.2 Å². The van der Waals surface area contributed by atoms with Crippen molar-refractivity contribution in [3.63, 3.8) is 0 Å². The third-order valence-corrected chi connectivity index (χ3v) is 3.35. The molecule has 1 aromatic rings. The van der Waals surface area contributed by atoms with E-state index in [-0.39, 0.29) is 16.7 Å². The van der Waals surface area contributed by atoms with Crippen LogP contribution in [0.5, 0.6) is 0 Å². The molecule has 1 aliphatic rings. The Morgan fingerprint density at radius 3 is 2.90 bits per heavy atom. The highest BCUT2D eigenvalue weighted by molar-refractivity contribution is 5.76. The molecule has 7 nitrogen and oxygen atoms in total. The average molecular weight is 280 g/mol. The molecule has 0 saturated carbocycles. The molecule has 2 N–H and O–H groups in total. The zero-order chi connectivity index (χ0) is 14.5. The monoisotopic (exact) mass is 280 g/mol. The lowest BCUT2D eigenvalue weighted by Crippen LogP contribution is -2.43. The molecule has 20 heavy (non-hydrogen) atoms. The van der Waals surface area contributed by atoms with Gasteiger partial charge in [0, 0.05) is 26.7 Å². The number of anilines is 2. The molecular formula is C13H20N4O3. The summed E-state index contributed by atoms with van der Waals surface area (Å²) in [5.74, 6) is 0. The Kier molecular flexibility index (Phi) is 4.75. The van der Waals surface area contributed by atoms with Gasteiger partial charge in [-0.25, -0.2) is 0 Å². The molecule has 110 valence electrons. The molecule has 1 unspecified atom stereocenters. The van der Waals surface area contributed by atoms with Gasteiger partial charge in [0.2, 0.25) is 0 Å². The van der Waals surface area contributed by atoms with Crippen molar-refractivity contribution in [2.45, 2.75) is 6.10 Å². The minimum absolute atomic E-state index is 0.0478. The number of nitro benzene ring substituents is 1. The molecule has 0 radical (unpaired) electrons. The van der Waals surface area contributed by atoms with Gasteiger partial charge >= 0.3 is 5.69 Å². The number of likely N-dealkylation sites (N-methyl/N-ethyl adjacent to an activating group) is 1. The van der Waals surface area contributed by atoms with Gasteiger partial charge in [0.15, 0.2) is 0 Å². The normalized spacial score (nSPS) is 19.6. The highest BCUT2D eigenvalue weighted by Gasteiger charge is 2.21. The summed E-state index contributed by atoms with van der Waals surface area (Å²) in [6.45, 7) is 3.00. The number of morpholine rings is 1. The molecule has 1 aromatic carbocycles. The summed E-state index contributed by atoms with van der Waals surface area (Å²) < 4.78 is 5.64. The molecule has 1 saturated heterocycles. The van der Waals surface area contributed by atoms with Gasteiger partial charge in [0.25, 0.3) is 0 Å². The number of rotatable bonds is 5. The maximum Gasteiger partial charge on any atom is 0.315 e. The van der Waals surface area contributed by atoms with Gasteiger partial charge in [-0.3, -0.25) is 10.1 Å². The van der Waals surface area contributed by atoms with Crippen LogP contribution in [0.1, 0.15) is 0 Å². The molecule has 1 atom stereocenters. The van der Waals surface area contributed by atoms with E-state index in [0.717, 1.165) is 13.1 Å². The lowest BCUT2D eigenvalue weighted by Gasteiger charge is -2.30. The Hall–Kier alpha value is -1.86. The van der Waals surface area contributed by atoms with Crippen LogP contribution in [0.2, 0.25) is 0 Å². The minimum Gasteiger partial charge on any atom is -0.382 e. The molecule has 1 heterocycles. The standard InChI is InChI=1S/C13H20N4O3/c1-14-11-4-3-5-12(13(11)17(18)19)15-8-10-9-16(2)6-7-20-10/h3-5,10,14-15H,6-9H2,1-2H3. The molecule has 0 aliphatic carbocycles. The Morgan fingerprint density at radius 2 is 2.25 bits per heavy atom. The fourth-order valence-electron chi connectivity index (χ4n) is 2.30. The number of nitrogens with one attached hydrogen (secondary N) is 2. The van der Waals surface area contributed by atoms with Crippen LogP contribution in [-0.4, -0.2) is 56.3 Å². The number of nitrogens with zero attached hydrogens (tertiary/aromatic N) is 2. The molecular weight excluding hydrogens is 260 g/mol. The van der Waals surface area contributed by atoms with E-state index in [2.05, 4.69) is 15.5 Å². The van der Waals surface area contributed by atoms with Crippen LogP contribution in [0.3, 0.4) is 0 Å². The van der Waals surface area contributed by atoms with Crippen molar-refractivity contribution in [1.29, 1.82) is 0 Å². The average Bonchev–Trinajstić information content (AvgIpc) is 2.44. The van der Waals surface area contributed by atoms with Gasteiger partial charge in [-0.2, -0.15) is 0 Å². The molecule has 7 heteroatoms. The summed E-state index contributed by atoms with van der Waals surface area (Å²) in [4.78, 5) is 13.0. The van der Waals surface area contributed by atoms with Gasteiger partial charge in [-0.15, -0.1) is 0 Å². The van der Waals surface area contributed by atoms with Gasteiger partial charge in [0.05, 0.1) is 17.6 Å². The summed E-state index contributed by atoms with van der Waals surface area (Å²) in [5, 5.41) is 17.2. The summed E-state index contributed by atoms with van der Waals surface area (Å²) in [6.07, 6.45) is 0.0478. The van der Waals surface area contributed by atoms with Crippen LogP contribution >= 0.6 is 0 Å². The number of hydrogen-bond donors (Lipinski definition) is 2. The first-order chi connectivity index (χ1) is 9.61. The van der Waals surface area contributed by atoms with Gasteiger partial charge in [0.1, 0.15) is 11.4 Å². The Bertz CT molecular complexity index is 481. The van der Waals surface area contributed by atoms with Crippen molar-refractivity contribution in [2.24, 2.45) is 0 Å². The molecule has 1 fully saturated rings. The number of nitro groups is 1. The molecule has 2 rings (SSSR count). The largest absolute Gasteiger partial charge is 0.382 e. The number of para-hydroxylation sites is 1. The summed E-state index contributed by atoms with van der Waals surface area (Å²) in [5.41, 5.74) is 1.08. The van der Waals surface area contributed by atoms with Crippen molar-refractivity contribution in [2.75, 3.05) is 51.0 Å². The van der Waals surface area contributed by atoms with E-state index in [0.29, 0.717) is 24.5 Å². The van der Waals surface area contributed by atoms with E-state index >= 15 is 0 Å². The van der Waals surface area contributed by atoms with Gasteiger partial charge < -0.3 is 20.3 Å². The van der Waals surface area contributed by atoms with E-state index in [1.165, 1.54) is 0 Å². The van der Waals surface area contributed by atoms with E-state index in [9.17, 15) is 10.1 Å². The van der Waals surface area contributed by atoms with Crippen LogP contribution < -0.4 is 10.6 Å². The summed E-state index contributed by atoms with van der Waals surface area (Å²) in [7, 11) is 3.71. The van der Waals surface area contributed by atoms with Crippen LogP contribution in [0, 0.1) is 10.1 Å². The second-order valence-electron chi connectivity index (χ2n) is 4.84.